The van der Waals surface area contributed by atoms with E-state index in [1.165, 1.54) is 0 Å². The minimum absolute atomic E-state index is 0.438. The largest absolute Gasteiger partial charge is 0.287 e. The maximum absolute atomic E-state index is 9.27. The van der Waals surface area contributed by atoms with Gasteiger partial charge in [0.15, 0.2) is 0 Å². The Morgan fingerprint density at radius 1 is 1.70 bits per heavy atom. The van der Waals surface area contributed by atoms with Gasteiger partial charge in [-0.2, -0.15) is 0 Å². The minimum atomic E-state index is -0.438. The zero-order chi connectivity index (χ0) is 7.78. The predicted octanol–water partition coefficient (Wildman–Crippen LogP) is 2.26. The molecule has 2 nitrogen and oxygen atoms in total. The maximum Gasteiger partial charge on any atom is 0.136 e. The fourth-order valence-electron chi connectivity index (χ4n) is 0.722. The lowest BCUT2D eigenvalue weighted by Crippen LogP contribution is -2.34. The normalized spacial score (nSPS) is 32.4. The minimum Gasteiger partial charge on any atom is -0.287 e. The molecule has 3 heteroatoms. The van der Waals surface area contributed by atoms with Crippen molar-refractivity contribution in [1.82, 2.24) is 5.06 Å². The third kappa shape index (κ3) is 1.41. The lowest BCUT2D eigenvalue weighted by Gasteiger charge is -2.30. The Hall–Kier alpha value is -0.280. The Labute approximate surface area is 68.9 Å². The molecule has 1 rings (SSSR count). The number of rotatable bonds is 0. The first-order chi connectivity index (χ1) is 4.52. The zero-order valence-corrected chi connectivity index (χ0v) is 7.59. The molecule has 1 unspecified atom stereocenters. The van der Waals surface area contributed by atoms with Crippen molar-refractivity contribution in [2.45, 2.75) is 18.3 Å². The van der Waals surface area contributed by atoms with E-state index in [2.05, 4.69) is 15.9 Å². The van der Waals surface area contributed by atoms with Crippen molar-refractivity contribution in [3.63, 3.8) is 0 Å². The summed E-state index contributed by atoms with van der Waals surface area (Å²) in [5.41, 5.74) is 1.04. The van der Waals surface area contributed by atoms with Crippen LogP contribution in [0.2, 0.25) is 0 Å². The smallest absolute Gasteiger partial charge is 0.136 e. The van der Waals surface area contributed by atoms with Gasteiger partial charge in [0.25, 0.3) is 0 Å². The molecule has 0 aromatic rings. The number of halogens is 1. The molecule has 1 atom stereocenters. The Kier molecular flexibility index (Phi) is 1.88. The van der Waals surface area contributed by atoms with Crippen molar-refractivity contribution < 1.29 is 5.21 Å². The second-order valence-corrected chi connectivity index (χ2v) is 4.18. The van der Waals surface area contributed by atoms with Crippen LogP contribution in [0.15, 0.2) is 23.9 Å². The molecule has 0 saturated heterocycles. The molecule has 56 valence electrons. The highest BCUT2D eigenvalue weighted by Gasteiger charge is 2.24. The van der Waals surface area contributed by atoms with Crippen molar-refractivity contribution in [1.29, 1.82) is 0 Å². The van der Waals surface area contributed by atoms with Crippen LogP contribution in [0.25, 0.3) is 0 Å². The summed E-state index contributed by atoms with van der Waals surface area (Å²) in [6.45, 7) is 3.80. The van der Waals surface area contributed by atoms with Gasteiger partial charge in [0.05, 0.1) is 0 Å². The van der Waals surface area contributed by atoms with Crippen LogP contribution in [0, 0.1) is 0 Å². The molecule has 0 spiro atoms. The van der Waals surface area contributed by atoms with Gasteiger partial charge in [-0.05, 0) is 25.5 Å². The van der Waals surface area contributed by atoms with Crippen LogP contribution >= 0.6 is 15.9 Å². The second kappa shape index (κ2) is 2.40. The van der Waals surface area contributed by atoms with Crippen molar-refractivity contribution in [3.8, 4) is 0 Å². The molecular weight excluding hydrogens is 194 g/mol. The number of nitrogens with zero attached hydrogens (tertiary/aromatic N) is 1. The van der Waals surface area contributed by atoms with Gasteiger partial charge >= 0.3 is 0 Å². The molecule has 0 aromatic carbocycles. The summed E-state index contributed by atoms with van der Waals surface area (Å²) in [5.74, 6) is 0. The number of allylic oxidation sites excluding steroid dienone is 2. The van der Waals surface area contributed by atoms with E-state index in [9.17, 15) is 5.21 Å². The van der Waals surface area contributed by atoms with E-state index in [0.717, 1.165) is 10.6 Å². The third-order valence-electron chi connectivity index (χ3n) is 1.42. The molecule has 0 aromatic heterocycles. The van der Waals surface area contributed by atoms with Crippen LogP contribution in [-0.2, 0) is 0 Å². The Bertz CT molecular complexity index is 196. The van der Waals surface area contributed by atoms with E-state index >= 15 is 0 Å². The van der Waals surface area contributed by atoms with Crippen molar-refractivity contribution >= 4 is 15.9 Å². The van der Waals surface area contributed by atoms with Gasteiger partial charge in [-0.3, -0.25) is 5.21 Å². The summed E-state index contributed by atoms with van der Waals surface area (Å²) >= 11 is 3.33. The Morgan fingerprint density at radius 2 is 2.30 bits per heavy atom. The molecular formula is C7H10BrNO. The van der Waals surface area contributed by atoms with Crippen LogP contribution in [0.4, 0.5) is 0 Å². The summed E-state index contributed by atoms with van der Waals surface area (Å²) in [7, 11) is 0. The van der Waals surface area contributed by atoms with Crippen LogP contribution in [0.5, 0.6) is 0 Å². The summed E-state index contributed by atoms with van der Waals surface area (Å²) in [6.07, 6.45) is 5.53. The molecule has 0 saturated carbocycles. The van der Waals surface area contributed by atoms with E-state index < -0.39 is 4.45 Å². The van der Waals surface area contributed by atoms with Crippen molar-refractivity contribution in [2.75, 3.05) is 0 Å². The van der Waals surface area contributed by atoms with Crippen LogP contribution in [0.3, 0.4) is 0 Å². The highest BCUT2D eigenvalue weighted by molar-refractivity contribution is 9.10. The average molecular weight is 204 g/mol. The first-order valence-electron chi connectivity index (χ1n) is 3.07. The van der Waals surface area contributed by atoms with Gasteiger partial charge in [-0.15, -0.1) is 0 Å². The number of alkyl halides is 1. The summed E-state index contributed by atoms with van der Waals surface area (Å²) in [5, 5.41) is 10.4. The second-order valence-electron chi connectivity index (χ2n) is 2.58. The van der Waals surface area contributed by atoms with E-state index in [-0.39, 0.29) is 0 Å². The lowest BCUT2D eigenvalue weighted by molar-refractivity contribution is -0.0710. The average Bonchev–Trinajstić information content (AvgIpc) is 1.81. The van der Waals surface area contributed by atoms with Gasteiger partial charge in [0.2, 0.25) is 0 Å². The molecule has 1 aliphatic rings. The first kappa shape index (κ1) is 7.82. The van der Waals surface area contributed by atoms with Gasteiger partial charge in [-0.25, -0.2) is 5.06 Å². The highest BCUT2D eigenvalue weighted by Crippen LogP contribution is 2.27. The Balaban J connectivity index is 2.84. The standard InChI is InChI=1S/C7H10BrNO/c1-6-3-4-7(2,8)9(10)5-6/h3-5,10H,1-2H3. The van der Waals surface area contributed by atoms with E-state index in [0.29, 0.717) is 0 Å². The lowest BCUT2D eigenvalue weighted by atomic mass is 10.2. The van der Waals surface area contributed by atoms with Crippen LogP contribution < -0.4 is 0 Å². The maximum atomic E-state index is 9.27. The third-order valence-corrected chi connectivity index (χ3v) is 2.05. The SMILES string of the molecule is CC1=CN(O)C(C)(Br)C=C1. The molecule has 1 heterocycles. The number of hydrogen-bond donors (Lipinski definition) is 1. The highest BCUT2D eigenvalue weighted by atomic mass is 79.9. The van der Waals surface area contributed by atoms with Crippen LogP contribution in [0.1, 0.15) is 13.8 Å². The number of hydrogen-bond acceptors (Lipinski definition) is 2. The zero-order valence-electron chi connectivity index (χ0n) is 6.00. The van der Waals surface area contributed by atoms with Crippen molar-refractivity contribution in [3.05, 3.63) is 23.9 Å². The van der Waals surface area contributed by atoms with Crippen molar-refractivity contribution in [2.24, 2.45) is 0 Å². The van der Waals surface area contributed by atoms with Crippen LogP contribution in [-0.4, -0.2) is 14.7 Å². The monoisotopic (exact) mass is 203 g/mol. The van der Waals surface area contributed by atoms with E-state index in [1.807, 2.05) is 26.0 Å². The number of hydroxylamine groups is 2. The Morgan fingerprint density at radius 3 is 2.70 bits per heavy atom. The molecule has 1 N–H and O–H groups in total. The fourth-order valence-corrected chi connectivity index (χ4v) is 0.957. The molecule has 10 heavy (non-hydrogen) atoms. The summed E-state index contributed by atoms with van der Waals surface area (Å²) in [4.78, 5) is 0. The fraction of sp³-hybridized carbons (Fsp3) is 0.429. The van der Waals surface area contributed by atoms with Gasteiger partial charge in [0.1, 0.15) is 4.45 Å². The summed E-state index contributed by atoms with van der Waals surface area (Å²) in [6, 6.07) is 0. The predicted molar refractivity (Wildman–Crippen MR) is 43.9 cm³/mol. The topological polar surface area (TPSA) is 23.5 Å². The van der Waals surface area contributed by atoms with Gasteiger partial charge in [0, 0.05) is 6.20 Å². The molecule has 1 aliphatic heterocycles. The molecule has 0 bridgehead atoms. The molecule has 0 radical (unpaired) electrons. The molecule has 0 aliphatic carbocycles. The first-order valence-corrected chi connectivity index (χ1v) is 3.86. The van der Waals surface area contributed by atoms with E-state index in [1.54, 1.807) is 6.20 Å². The van der Waals surface area contributed by atoms with Gasteiger partial charge < -0.3 is 0 Å². The van der Waals surface area contributed by atoms with E-state index in [4.69, 9.17) is 0 Å². The van der Waals surface area contributed by atoms with Gasteiger partial charge in [-0.1, -0.05) is 22.0 Å². The quantitative estimate of drug-likeness (QED) is 0.483. The summed E-state index contributed by atoms with van der Waals surface area (Å²) < 4.78 is -0.438. The molecule has 0 amide bonds. The molecule has 0 fully saturated rings.